The summed E-state index contributed by atoms with van der Waals surface area (Å²) in [6, 6.07) is 4.25. The molecule has 1 aromatic rings. The largest absolute Gasteiger partial charge is 0.454 e. The zero-order chi connectivity index (χ0) is 14.9. The van der Waals surface area contributed by atoms with Crippen molar-refractivity contribution < 1.29 is 19.3 Å². The lowest BCUT2D eigenvalue weighted by atomic mass is 9.75. The van der Waals surface area contributed by atoms with E-state index in [1.807, 2.05) is 12.2 Å². The van der Waals surface area contributed by atoms with Gasteiger partial charge < -0.3 is 19.3 Å². The second-order valence-electron chi connectivity index (χ2n) is 6.66. The number of methoxy groups -OCH3 is 1. The maximum Gasteiger partial charge on any atom is 0.231 e. The molecule has 22 heavy (non-hydrogen) atoms. The fourth-order valence-electron chi connectivity index (χ4n) is 4.53. The van der Waals surface area contributed by atoms with Crippen molar-refractivity contribution >= 4 is 0 Å². The third-order valence-electron chi connectivity index (χ3n) is 5.67. The fourth-order valence-corrected chi connectivity index (χ4v) is 4.53. The Kier molecular flexibility index (Phi) is 2.50. The smallest absolute Gasteiger partial charge is 0.231 e. The maximum absolute atomic E-state index is 11.3. The predicted octanol–water partition coefficient (Wildman–Crippen LogP) is 1.40. The van der Waals surface area contributed by atoms with Crippen LogP contribution in [0.2, 0.25) is 0 Å². The van der Waals surface area contributed by atoms with Crippen LogP contribution in [0.5, 0.6) is 11.5 Å². The maximum atomic E-state index is 11.3. The van der Waals surface area contributed by atoms with Crippen LogP contribution in [0.25, 0.3) is 0 Å². The molecule has 5 nitrogen and oxygen atoms in total. The Labute approximate surface area is 129 Å². The second-order valence-corrected chi connectivity index (χ2v) is 6.66. The van der Waals surface area contributed by atoms with Crippen LogP contribution in [0.1, 0.15) is 23.5 Å². The molecule has 0 aromatic heterocycles. The first-order valence-electron chi connectivity index (χ1n) is 7.80. The van der Waals surface area contributed by atoms with Gasteiger partial charge in [0.05, 0.1) is 6.10 Å². The van der Waals surface area contributed by atoms with Crippen LogP contribution >= 0.6 is 0 Å². The Balaban J connectivity index is 1.61. The summed E-state index contributed by atoms with van der Waals surface area (Å²) in [5, 5.41) is 11.3. The number of nitrogens with zero attached hydrogens (tertiary/aromatic N) is 1. The third-order valence-corrected chi connectivity index (χ3v) is 5.67. The number of rotatable bonds is 1. The molecule has 0 amide bonds. The van der Waals surface area contributed by atoms with Crippen LogP contribution in [0.15, 0.2) is 24.3 Å². The topological polar surface area (TPSA) is 51.2 Å². The molecule has 1 fully saturated rings. The summed E-state index contributed by atoms with van der Waals surface area (Å²) in [6.45, 7) is 2.02. The van der Waals surface area contributed by atoms with Crippen LogP contribution in [0.3, 0.4) is 0 Å². The highest BCUT2D eigenvalue weighted by Crippen LogP contribution is 2.52. The normalized spacial score (nSPS) is 40.5. The lowest BCUT2D eigenvalue weighted by Gasteiger charge is -2.37. The van der Waals surface area contributed by atoms with Crippen molar-refractivity contribution in [3.63, 3.8) is 0 Å². The molecule has 1 unspecified atom stereocenters. The molecule has 1 aliphatic carbocycles. The summed E-state index contributed by atoms with van der Waals surface area (Å²) in [4.78, 5) is 2.38. The van der Waals surface area contributed by atoms with E-state index >= 15 is 0 Å². The molecule has 3 aliphatic heterocycles. The molecule has 0 saturated carbocycles. The number of hydrogen-bond donors (Lipinski definition) is 1. The Morgan fingerprint density at radius 2 is 2.14 bits per heavy atom. The van der Waals surface area contributed by atoms with E-state index in [2.05, 4.69) is 17.0 Å². The number of hydrogen-bond acceptors (Lipinski definition) is 5. The first kappa shape index (κ1) is 12.9. The zero-order valence-corrected chi connectivity index (χ0v) is 12.5. The van der Waals surface area contributed by atoms with Gasteiger partial charge in [-0.1, -0.05) is 12.2 Å². The summed E-state index contributed by atoms with van der Waals surface area (Å²) >= 11 is 0. The fraction of sp³-hybridized carbons (Fsp3) is 0.529. The van der Waals surface area contributed by atoms with E-state index in [4.69, 9.17) is 14.2 Å². The van der Waals surface area contributed by atoms with Crippen molar-refractivity contribution in [3.05, 3.63) is 35.4 Å². The molecule has 1 N–H and O–H groups in total. The second kappa shape index (κ2) is 4.25. The van der Waals surface area contributed by atoms with Crippen LogP contribution in [-0.2, 0) is 11.3 Å². The van der Waals surface area contributed by atoms with Crippen molar-refractivity contribution in [1.82, 2.24) is 4.90 Å². The summed E-state index contributed by atoms with van der Waals surface area (Å²) in [5.41, 5.74) is 1.63. The lowest BCUT2D eigenvalue weighted by Crippen LogP contribution is -2.48. The average molecular weight is 301 g/mol. The van der Waals surface area contributed by atoms with Crippen molar-refractivity contribution in [2.75, 3.05) is 20.4 Å². The van der Waals surface area contributed by atoms with E-state index in [0.717, 1.165) is 31.0 Å². The van der Waals surface area contributed by atoms with E-state index < -0.39 is 5.60 Å². The van der Waals surface area contributed by atoms with Crippen molar-refractivity contribution in [2.45, 2.75) is 36.6 Å². The summed E-state index contributed by atoms with van der Waals surface area (Å²) in [7, 11) is 1.73. The molecule has 0 spiro atoms. The Morgan fingerprint density at radius 1 is 1.32 bits per heavy atom. The lowest BCUT2D eigenvalue weighted by molar-refractivity contribution is -0.000904. The van der Waals surface area contributed by atoms with Gasteiger partial charge in [0, 0.05) is 32.2 Å². The Hall–Kier alpha value is -1.56. The van der Waals surface area contributed by atoms with Crippen LogP contribution in [0.4, 0.5) is 0 Å². The van der Waals surface area contributed by atoms with Crippen LogP contribution in [0, 0.1) is 0 Å². The highest BCUT2D eigenvalue weighted by atomic mass is 16.7. The highest BCUT2D eigenvalue weighted by Gasteiger charge is 2.56. The quantitative estimate of drug-likeness (QED) is 0.795. The minimum atomic E-state index is -0.812. The molecular formula is C17H19NO4. The van der Waals surface area contributed by atoms with Gasteiger partial charge in [0.25, 0.3) is 0 Å². The summed E-state index contributed by atoms with van der Waals surface area (Å²) in [6.07, 6.45) is 4.88. The molecule has 1 saturated heterocycles. The SMILES string of the molecule is CO[C@@H]1C=C[C@@]2(O)[C@H](C1)N1Cc3cc4c(cc3[C@@H]2C1)OCO4. The van der Waals surface area contributed by atoms with Gasteiger partial charge in [0.2, 0.25) is 6.79 Å². The van der Waals surface area contributed by atoms with Crippen molar-refractivity contribution in [3.8, 4) is 11.5 Å². The molecule has 5 rings (SSSR count). The molecule has 5 heteroatoms. The minimum absolute atomic E-state index is 0.0874. The third kappa shape index (κ3) is 1.54. The predicted molar refractivity (Wildman–Crippen MR) is 79.0 cm³/mol. The minimum Gasteiger partial charge on any atom is -0.454 e. The Morgan fingerprint density at radius 3 is 2.95 bits per heavy atom. The van der Waals surface area contributed by atoms with E-state index in [-0.39, 0.29) is 24.9 Å². The summed E-state index contributed by atoms with van der Waals surface area (Å²) in [5.74, 6) is 1.71. The number of fused-ring (bicyclic) bond motifs is 8. The number of aliphatic hydroxyl groups is 1. The van der Waals surface area contributed by atoms with Crippen molar-refractivity contribution in [1.29, 1.82) is 0 Å². The molecule has 4 aliphatic rings. The Bertz CT molecular complexity index is 673. The van der Waals surface area contributed by atoms with Gasteiger partial charge in [-0.05, 0) is 29.7 Å². The van der Waals surface area contributed by atoms with Gasteiger partial charge in [-0.3, -0.25) is 4.90 Å². The van der Waals surface area contributed by atoms with Crippen LogP contribution < -0.4 is 9.47 Å². The van der Waals surface area contributed by atoms with E-state index in [9.17, 15) is 5.11 Å². The first-order chi connectivity index (χ1) is 10.7. The molecule has 5 atom stereocenters. The van der Waals surface area contributed by atoms with E-state index in [0.29, 0.717) is 0 Å². The number of benzene rings is 1. The molecule has 0 radical (unpaired) electrons. The highest BCUT2D eigenvalue weighted by molar-refractivity contribution is 5.53. The first-order valence-corrected chi connectivity index (χ1v) is 7.80. The molecule has 2 bridgehead atoms. The summed E-state index contributed by atoms with van der Waals surface area (Å²) < 4.78 is 16.5. The molecular weight excluding hydrogens is 282 g/mol. The molecule has 116 valence electrons. The van der Waals surface area contributed by atoms with E-state index in [1.165, 1.54) is 11.1 Å². The van der Waals surface area contributed by atoms with Gasteiger partial charge in [-0.25, -0.2) is 0 Å². The average Bonchev–Trinajstić information content (AvgIpc) is 3.07. The van der Waals surface area contributed by atoms with Crippen molar-refractivity contribution in [2.24, 2.45) is 0 Å². The van der Waals surface area contributed by atoms with Gasteiger partial charge in [-0.2, -0.15) is 0 Å². The number of ether oxygens (including phenoxy) is 3. The zero-order valence-electron chi connectivity index (χ0n) is 12.5. The molecule has 1 aromatic carbocycles. The van der Waals surface area contributed by atoms with Gasteiger partial charge >= 0.3 is 0 Å². The van der Waals surface area contributed by atoms with Gasteiger partial charge in [0.1, 0.15) is 5.60 Å². The van der Waals surface area contributed by atoms with E-state index in [1.54, 1.807) is 7.11 Å². The standard InChI is InChI=1S/C17H19NO4/c1-20-11-2-3-17(19)13-8-18(16(17)5-11)7-10-4-14-15(6-12(10)13)22-9-21-14/h2-4,6,11,13,16,19H,5,7-9H2,1H3/t11-,13+,16+,17+/m1/s1. The van der Waals surface area contributed by atoms with Gasteiger partial charge in [0.15, 0.2) is 11.5 Å². The molecule has 3 heterocycles. The van der Waals surface area contributed by atoms with Gasteiger partial charge in [-0.15, -0.1) is 0 Å². The van der Waals surface area contributed by atoms with Crippen LogP contribution in [-0.4, -0.2) is 48.2 Å². The monoisotopic (exact) mass is 301 g/mol.